The Bertz CT molecular complexity index is 144. The average Bonchev–Trinajstić information content (AvgIpc) is 2.01. The Morgan fingerprint density at radius 1 is 1.23 bits per heavy atom. The molecule has 0 saturated carbocycles. The Hall–Kier alpha value is 0.262. The van der Waals surface area contributed by atoms with Crippen LogP contribution in [0.4, 0.5) is 0 Å². The van der Waals surface area contributed by atoms with E-state index in [2.05, 4.69) is 8.97 Å². The number of Topliss-reactive ketones (excluding diaryl/α,β-unsaturated/α-hetero) is 2. The van der Waals surface area contributed by atoms with Gasteiger partial charge in [-0.3, -0.25) is 9.59 Å². The molecule has 0 aromatic heterocycles. The van der Waals surface area contributed by atoms with Gasteiger partial charge < -0.3 is 0 Å². The van der Waals surface area contributed by atoms with E-state index in [0.717, 1.165) is 12.8 Å². The molecule has 0 aliphatic rings. The van der Waals surface area contributed by atoms with Crippen molar-refractivity contribution in [3.8, 4) is 0 Å². The molecular formula is C10H20O2Tl. The first kappa shape index (κ1) is 15.7. The molecule has 0 amide bonds. The van der Waals surface area contributed by atoms with Crippen molar-refractivity contribution in [3.63, 3.8) is 0 Å². The van der Waals surface area contributed by atoms with Crippen LogP contribution in [0.2, 0.25) is 8.97 Å². The van der Waals surface area contributed by atoms with Crippen molar-refractivity contribution in [3.05, 3.63) is 0 Å². The molecule has 2 nitrogen and oxygen atoms in total. The molecule has 0 aromatic carbocycles. The normalized spacial score (nSPS) is 8.00. The fraction of sp³-hybridized carbons (Fsp3) is 0.800. The minimum absolute atomic E-state index is 0.000000000000000111. The molecule has 0 saturated heterocycles. The van der Waals surface area contributed by atoms with Crippen molar-refractivity contribution in [2.75, 3.05) is 0 Å². The van der Waals surface area contributed by atoms with Gasteiger partial charge in [-0.1, -0.05) is 13.3 Å². The van der Waals surface area contributed by atoms with E-state index in [9.17, 15) is 9.59 Å². The topological polar surface area (TPSA) is 34.1 Å². The summed E-state index contributed by atoms with van der Waals surface area (Å²) in [5, 5.41) is 0. The molecule has 0 fully saturated rings. The number of rotatable bonds is 5. The first-order chi connectivity index (χ1) is 6.08. The molecule has 0 heterocycles. The van der Waals surface area contributed by atoms with E-state index in [4.69, 9.17) is 0 Å². The van der Waals surface area contributed by atoms with Gasteiger partial charge in [-0.25, -0.2) is 0 Å². The molecule has 0 bridgehead atoms. The molecule has 0 radical (unpaired) electrons. The van der Waals surface area contributed by atoms with Crippen LogP contribution >= 0.6 is 0 Å². The standard InChI is InChI=1S/C8H14O2.2CH3.Tl/c1-3-4-5-8(10)6-7(2)9;;;/h3-6H2,1-2H3;2*1H3;. The third-order valence-electron chi connectivity index (χ3n) is 1.26. The first-order valence-electron chi connectivity index (χ1n) is 4.83. The van der Waals surface area contributed by atoms with Gasteiger partial charge in [0.15, 0.2) is 0 Å². The molecule has 75 valence electrons. The molecule has 13 heavy (non-hydrogen) atoms. The van der Waals surface area contributed by atoms with Crippen molar-refractivity contribution < 1.29 is 9.59 Å². The Morgan fingerprint density at radius 2 is 1.69 bits per heavy atom. The molecule has 0 spiro atoms. The monoisotopic (exact) mass is 377 g/mol. The predicted molar refractivity (Wildman–Crippen MR) is 57.3 cm³/mol. The van der Waals surface area contributed by atoms with Crippen molar-refractivity contribution >= 4 is 35.8 Å². The molecule has 0 aromatic rings. The van der Waals surface area contributed by atoms with E-state index < -0.39 is 0 Å². The van der Waals surface area contributed by atoms with E-state index in [1.807, 2.05) is 6.92 Å². The van der Waals surface area contributed by atoms with Gasteiger partial charge in [0.05, 0.1) is 6.42 Å². The second-order valence-corrected chi connectivity index (χ2v) is 7.59. The molecule has 0 aliphatic carbocycles. The van der Waals surface area contributed by atoms with E-state index in [0.29, 0.717) is 6.42 Å². The van der Waals surface area contributed by atoms with Gasteiger partial charge in [-0.2, -0.15) is 0 Å². The summed E-state index contributed by atoms with van der Waals surface area (Å²) in [4.78, 5) is 21.2. The Morgan fingerprint density at radius 3 is 2.00 bits per heavy atom. The molecule has 3 heteroatoms. The van der Waals surface area contributed by atoms with Gasteiger partial charge in [-0.15, -0.1) is 0 Å². The average molecular weight is 377 g/mol. The minimum atomic E-state index is -0.0268. The molecule has 0 N–H and O–H groups in total. The Balaban J connectivity index is 0. The van der Waals surface area contributed by atoms with E-state index in [1.165, 1.54) is 6.92 Å². The number of carbonyl (C=O) groups is 2. The Kier molecular flexibility index (Phi) is 14.8. The molecule has 0 rings (SSSR count). The summed E-state index contributed by atoms with van der Waals surface area (Å²) in [5.74, 6) is 0.0513. The van der Waals surface area contributed by atoms with Crippen LogP contribution < -0.4 is 0 Å². The van der Waals surface area contributed by atoms with Crippen LogP contribution in [0.25, 0.3) is 0 Å². The number of hydrogen-bond acceptors (Lipinski definition) is 2. The second kappa shape index (κ2) is 12.3. The summed E-state index contributed by atoms with van der Waals surface area (Å²) in [5.41, 5.74) is 0. The van der Waals surface area contributed by atoms with E-state index in [-0.39, 0.29) is 42.2 Å². The summed E-state index contributed by atoms with van der Waals surface area (Å²) in [7, 11) is 0. The maximum atomic E-state index is 10.8. The van der Waals surface area contributed by atoms with Crippen LogP contribution in [0.3, 0.4) is 0 Å². The third kappa shape index (κ3) is 18.9. The zero-order valence-corrected chi connectivity index (χ0v) is 13.7. The van der Waals surface area contributed by atoms with Gasteiger partial charge in [0.25, 0.3) is 0 Å². The van der Waals surface area contributed by atoms with Gasteiger partial charge >= 0.3 is 33.2 Å². The van der Waals surface area contributed by atoms with Gasteiger partial charge in [0.2, 0.25) is 0 Å². The molecule has 0 atom stereocenters. The first-order valence-corrected chi connectivity index (χ1v) is 13.8. The number of hydrogen-bond donors (Lipinski definition) is 0. The summed E-state index contributed by atoms with van der Waals surface area (Å²) < 4.78 is 4.67. The van der Waals surface area contributed by atoms with Gasteiger partial charge in [0, 0.05) is 6.42 Å². The maximum absolute atomic E-state index is 10.8. The van der Waals surface area contributed by atoms with Crippen molar-refractivity contribution in [2.24, 2.45) is 0 Å². The molecule has 0 aliphatic heterocycles. The van der Waals surface area contributed by atoms with Crippen LogP contribution in [0.15, 0.2) is 0 Å². The van der Waals surface area contributed by atoms with Gasteiger partial charge in [-0.05, 0) is 13.3 Å². The Labute approximate surface area is 93.7 Å². The number of ketones is 2. The second-order valence-electron chi connectivity index (χ2n) is 3.10. The van der Waals surface area contributed by atoms with E-state index >= 15 is 0 Å². The zero-order chi connectivity index (χ0) is 10.7. The third-order valence-corrected chi connectivity index (χ3v) is 1.26. The zero-order valence-electron chi connectivity index (χ0n) is 9.22. The number of unbranched alkanes of at least 4 members (excludes halogenated alkanes) is 1. The van der Waals surface area contributed by atoms with Crippen LogP contribution in [0.5, 0.6) is 0 Å². The van der Waals surface area contributed by atoms with Gasteiger partial charge in [0.1, 0.15) is 11.6 Å². The van der Waals surface area contributed by atoms with Crippen LogP contribution in [-0.2, 0) is 9.59 Å². The van der Waals surface area contributed by atoms with Crippen molar-refractivity contribution in [1.29, 1.82) is 0 Å². The summed E-state index contributed by atoms with van der Waals surface area (Å²) in [6.45, 7) is 3.48. The molecular weight excluding hydrogens is 356 g/mol. The fourth-order valence-corrected chi connectivity index (χ4v) is 0.740. The van der Waals surface area contributed by atoms with Crippen molar-refractivity contribution in [1.82, 2.24) is 0 Å². The summed E-state index contributed by atoms with van der Waals surface area (Å²) >= 11 is -0.000000000000000111. The predicted octanol–water partition coefficient (Wildman–Crippen LogP) is 2.51. The van der Waals surface area contributed by atoms with E-state index in [1.54, 1.807) is 0 Å². The fourth-order valence-electron chi connectivity index (χ4n) is 0.740. The summed E-state index contributed by atoms with van der Waals surface area (Å²) in [6, 6.07) is 0. The SMILES string of the molecule is CCCCC(=O)CC(C)=O.[CH3][Tl][CH3]. The van der Waals surface area contributed by atoms with Crippen LogP contribution in [0.1, 0.15) is 39.5 Å². The molecule has 0 unspecified atom stereocenters. The number of carbonyl (C=O) groups excluding carboxylic acids is 2. The quantitative estimate of drug-likeness (QED) is 0.546. The van der Waals surface area contributed by atoms with Crippen LogP contribution in [0, 0.1) is 0 Å². The van der Waals surface area contributed by atoms with Crippen molar-refractivity contribution in [2.45, 2.75) is 48.5 Å². The van der Waals surface area contributed by atoms with Crippen LogP contribution in [-0.4, -0.2) is 35.8 Å². The summed E-state index contributed by atoms with van der Waals surface area (Å²) in [6.07, 6.45) is 2.62.